The van der Waals surface area contributed by atoms with E-state index in [1.165, 1.54) is 0 Å². The van der Waals surface area contributed by atoms with Crippen molar-refractivity contribution in [3.05, 3.63) is 66.7 Å². The molecule has 0 bridgehead atoms. The second-order valence-corrected chi connectivity index (χ2v) is 4.86. The van der Waals surface area contributed by atoms with Gasteiger partial charge in [-0.1, -0.05) is 42.5 Å². The Balaban J connectivity index is 1.68. The number of urea groups is 1. The third-order valence-corrected chi connectivity index (χ3v) is 3.24. The molecule has 0 radical (unpaired) electrons. The van der Waals surface area contributed by atoms with Crippen molar-refractivity contribution in [3.8, 4) is 0 Å². The van der Waals surface area contributed by atoms with Crippen molar-refractivity contribution in [2.45, 2.75) is 0 Å². The molecule has 22 heavy (non-hydrogen) atoms. The number of hydrazine groups is 1. The zero-order valence-corrected chi connectivity index (χ0v) is 11.8. The fourth-order valence-electron chi connectivity index (χ4n) is 2.24. The van der Waals surface area contributed by atoms with Crippen LogP contribution in [0.4, 0.5) is 21.9 Å². The summed E-state index contributed by atoms with van der Waals surface area (Å²) in [5.74, 6) is 0. The van der Waals surface area contributed by atoms with E-state index in [-0.39, 0.29) is 6.03 Å². The Hall–Kier alpha value is -3.21. The summed E-state index contributed by atoms with van der Waals surface area (Å²) in [6.07, 6.45) is 0. The van der Waals surface area contributed by atoms with Crippen molar-refractivity contribution in [1.82, 2.24) is 5.43 Å². The Labute approximate surface area is 128 Å². The van der Waals surface area contributed by atoms with E-state index in [9.17, 15) is 4.79 Å². The van der Waals surface area contributed by atoms with Crippen molar-refractivity contribution >= 4 is 33.9 Å². The van der Waals surface area contributed by atoms with Crippen LogP contribution < -0.4 is 21.9 Å². The fourth-order valence-corrected chi connectivity index (χ4v) is 2.24. The lowest BCUT2D eigenvalue weighted by Gasteiger charge is -2.12. The number of hydrogen-bond acceptors (Lipinski definition) is 3. The van der Waals surface area contributed by atoms with Crippen molar-refractivity contribution < 1.29 is 4.79 Å². The predicted octanol–water partition coefficient (Wildman–Crippen LogP) is 3.57. The fraction of sp³-hybridized carbons (Fsp3) is 0. The van der Waals surface area contributed by atoms with E-state index in [1.807, 2.05) is 42.5 Å². The van der Waals surface area contributed by atoms with Gasteiger partial charge in [0.15, 0.2) is 0 Å². The zero-order valence-electron chi connectivity index (χ0n) is 11.8. The number of fused-ring (bicyclic) bond motifs is 1. The van der Waals surface area contributed by atoms with Crippen LogP contribution in [0.25, 0.3) is 10.8 Å². The van der Waals surface area contributed by atoms with Gasteiger partial charge in [0, 0.05) is 16.8 Å². The molecule has 5 N–H and O–H groups in total. The predicted molar refractivity (Wildman–Crippen MR) is 90.6 cm³/mol. The summed E-state index contributed by atoms with van der Waals surface area (Å²) in [4.78, 5) is 11.9. The maximum Gasteiger partial charge on any atom is 0.337 e. The van der Waals surface area contributed by atoms with E-state index < -0.39 is 0 Å². The number of rotatable bonds is 3. The van der Waals surface area contributed by atoms with Crippen LogP contribution in [0.15, 0.2) is 66.7 Å². The van der Waals surface area contributed by atoms with Gasteiger partial charge in [-0.25, -0.2) is 4.79 Å². The van der Waals surface area contributed by atoms with Gasteiger partial charge in [0.1, 0.15) is 0 Å². The van der Waals surface area contributed by atoms with Crippen LogP contribution >= 0.6 is 0 Å². The molecule has 0 unspecified atom stereocenters. The highest BCUT2D eigenvalue weighted by Crippen LogP contribution is 2.22. The summed E-state index contributed by atoms with van der Waals surface area (Å²) in [5, 5.41) is 4.85. The Kier molecular flexibility index (Phi) is 3.78. The number of carbonyl (C=O) groups excluding carboxylic acids is 1. The van der Waals surface area contributed by atoms with Gasteiger partial charge in [0.25, 0.3) is 0 Å². The summed E-state index contributed by atoms with van der Waals surface area (Å²) in [5.41, 5.74) is 13.3. The topological polar surface area (TPSA) is 79.2 Å². The van der Waals surface area contributed by atoms with Crippen molar-refractivity contribution in [3.63, 3.8) is 0 Å². The summed E-state index contributed by atoms with van der Waals surface area (Å²) in [6, 6.07) is 20.5. The molecule has 0 aliphatic carbocycles. The Morgan fingerprint density at radius 2 is 1.68 bits per heavy atom. The number of nitrogen functional groups attached to an aromatic ring is 1. The smallest absolute Gasteiger partial charge is 0.337 e. The highest BCUT2D eigenvalue weighted by atomic mass is 16.2. The van der Waals surface area contributed by atoms with Crippen molar-refractivity contribution in [1.29, 1.82) is 0 Å². The highest BCUT2D eigenvalue weighted by molar-refractivity contribution is 5.96. The van der Waals surface area contributed by atoms with Crippen LogP contribution in [0.2, 0.25) is 0 Å². The molecule has 3 aromatic rings. The summed E-state index contributed by atoms with van der Waals surface area (Å²) < 4.78 is 0. The average molecular weight is 292 g/mol. The average Bonchev–Trinajstić information content (AvgIpc) is 2.53. The van der Waals surface area contributed by atoms with Crippen LogP contribution in [0.1, 0.15) is 0 Å². The molecular weight excluding hydrogens is 276 g/mol. The van der Waals surface area contributed by atoms with Crippen LogP contribution in [-0.2, 0) is 0 Å². The largest absolute Gasteiger partial charge is 0.399 e. The molecular formula is C17H16N4O. The minimum absolute atomic E-state index is 0.362. The van der Waals surface area contributed by atoms with E-state index in [4.69, 9.17) is 5.73 Å². The second-order valence-electron chi connectivity index (χ2n) is 4.86. The molecule has 0 saturated heterocycles. The van der Waals surface area contributed by atoms with E-state index in [2.05, 4.69) is 16.2 Å². The molecule has 110 valence electrons. The molecule has 0 heterocycles. The molecule has 0 aliphatic heterocycles. The van der Waals surface area contributed by atoms with E-state index >= 15 is 0 Å². The van der Waals surface area contributed by atoms with E-state index in [1.54, 1.807) is 24.3 Å². The SMILES string of the molecule is Nc1cccc(NC(=O)NNc2cccc3ccccc23)c1. The standard InChI is InChI=1S/C17H16N4O/c18-13-7-4-8-14(11-13)19-17(22)21-20-16-10-3-6-12-5-1-2-9-15(12)16/h1-11,20H,18H2,(H2,19,21,22). The highest BCUT2D eigenvalue weighted by Gasteiger charge is 2.03. The number of nitrogens with one attached hydrogen (secondary N) is 3. The minimum Gasteiger partial charge on any atom is -0.399 e. The lowest BCUT2D eigenvalue weighted by molar-refractivity contribution is 0.254. The zero-order chi connectivity index (χ0) is 15.4. The Bertz CT molecular complexity index is 811. The molecule has 2 amide bonds. The van der Waals surface area contributed by atoms with Gasteiger partial charge in [-0.05, 0) is 29.7 Å². The van der Waals surface area contributed by atoms with Crippen LogP contribution in [0, 0.1) is 0 Å². The molecule has 3 aromatic carbocycles. The lowest BCUT2D eigenvalue weighted by Crippen LogP contribution is -2.33. The summed E-state index contributed by atoms with van der Waals surface area (Å²) in [7, 11) is 0. The van der Waals surface area contributed by atoms with Gasteiger partial charge in [-0.2, -0.15) is 0 Å². The number of nitrogens with two attached hydrogens (primary N) is 1. The molecule has 0 fully saturated rings. The monoisotopic (exact) mass is 292 g/mol. The number of hydrogen-bond donors (Lipinski definition) is 4. The molecule has 5 heteroatoms. The van der Waals surface area contributed by atoms with Gasteiger partial charge < -0.3 is 11.1 Å². The third kappa shape index (κ3) is 3.09. The Morgan fingerprint density at radius 3 is 2.55 bits per heavy atom. The molecule has 0 aromatic heterocycles. The van der Waals surface area contributed by atoms with Crippen LogP contribution in [0.5, 0.6) is 0 Å². The normalized spacial score (nSPS) is 10.2. The van der Waals surface area contributed by atoms with Crippen LogP contribution in [-0.4, -0.2) is 6.03 Å². The Morgan fingerprint density at radius 1 is 0.909 bits per heavy atom. The first-order valence-corrected chi connectivity index (χ1v) is 6.89. The van der Waals surface area contributed by atoms with Gasteiger partial charge in [0.05, 0.1) is 5.69 Å². The maximum absolute atomic E-state index is 11.9. The number of anilines is 3. The second kappa shape index (κ2) is 6.05. The van der Waals surface area contributed by atoms with E-state index in [0.29, 0.717) is 11.4 Å². The first-order chi connectivity index (χ1) is 10.7. The number of carbonyl (C=O) groups is 1. The molecule has 0 atom stereocenters. The minimum atomic E-state index is -0.362. The van der Waals surface area contributed by atoms with Gasteiger partial charge >= 0.3 is 6.03 Å². The number of amides is 2. The van der Waals surface area contributed by atoms with Crippen LogP contribution in [0.3, 0.4) is 0 Å². The molecule has 0 aliphatic rings. The lowest BCUT2D eigenvalue weighted by atomic mass is 10.1. The van der Waals surface area contributed by atoms with Crippen molar-refractivity contribution in [2.24, 2.45) is 0 Å². The summed E-state index contributed by atoms with van der Waals surface area (Å²) >= 11 is 0. The maximum atomic E-state index is 11.9. The van der Waals surface area contributed by atoms with E-state index in [0.717, 1.165) is 16.5 Å². The molecule has 5 nitrogen and oxygen atoms in total. The van der Waals surface area contributed by atoms with Gasteiger partial charge in [-0.15, -0.1) is 0 Å². The van der Waals surface area contributed by atoms with Crippen molar-refractivity contribution in [2.75, 3.05) is 16.5 Å². The first-order valence-electron chi connectivity index (χ1n) is 6.89. The first kappa shape index (κ1) is 13.8. The molecule has 0 spiro atoms. The molecule has 0 saturated carbocycles. The number of benzene rings is 3. The third-order valence-electron chi connectivity index (χ3n) is 3.24. The van der Waals surface area contributed by atoms with Gasteiger partial charge in [-0.3, -0.25) is 10.9 Å². The summed E-state index contributed by atoms with van der Waals surface area (Å²) in [6.45, 7) is 0. The molecule has 3 rings (SSSR count). The van der Waals surface area contributed by atoms with Gasteiger partial charge in [0.2, 0.25) is 0 Å². The quantitative estimate of drug-likeness (QED) is 0.440.